The maximum absolute atomic E-state index is 12.0. The Bertz CT molecular complexity index is 466. The number of hydrogen-bond donors (Lipinski definition) is 1. The fourth-order valence-electron chi connectivity index (χ4n) is 3.10. The third-order valence-electron chi connectivity index (χ3n) is 4.38. The van der Waals surface area contributed by atoms with Crippen LogP contribution in [0.3, 0.4) is 0 Å². The molecule has 1 aromatic rings. The van der Waals surface area contributed by atoms with Crippen LogP contribution in [0.25, 0.3) is 0 Å². The second-order valence-electron chi connectivity index (χ2n) is 5.95. The van der Waals surface area contributed by atoms with E-state index >= 15 is 0 Å². The molecule has 1 N–H and O–H groups in total. The quantitative estimate of drug-likeness (QED) is 0.905. The number of rotatable bonds is 5. The fourth-order valence-corrected chi connectivity index (χ4v) is 3.10. The largest absolute Gasteiger partial charge is 0.350 e. The van der Waals surface area contributed by atoms with E-state index in [1.165, 1.54) is 0 Å². The first kappa shape index (κ1) is 15.5. The van der Waals surface area contributed by atoms with Crippen LogP contribution in [0.4, 0.5) is 5.69 Å². The summed E-state index contributed by atoms with van der Waals surface area (Å²) >= 11 is 0. The van der Waals surface area contributed by atoms with Crippen LogP contribution in [-0.4, -0.2) is 49.9 Å². The summed E-state index contributed by atoms with van der Waals surface area (Å²) in [5.41, 5.74) is 0.863. The maximum atomic E-state index is 12.0. The molecule has 2 aliphatic heterocycles. The van der Waals surface area contributed by atoms with E-state index in [9.17, 15) is 4.79 Å². The molecule has 0 spiro atoms. The van der Waals surface area contributed by atoms with Crippen molar-refractivity contribution in [1.29, 1.82) is 0 Å². The fraction of sp³-hybridized carbons (Fsp3) is 0.588. The number of carbonyl (C=O) groups is 1. The Hall–Kier alpha value is -1.43. The molecule has 0 atom stereocenters. The molecule has 0 aromatic heterocycles. The lowest BCUT2D eigenvalue weighted by Crippen LogP contribution is -2.39. The van der Waals surface area contributed by atoms with Crippen molar-refractivity contribution in [3.63, 3.8) is 0 Å². The number of likely N-dealkylation sites (tertiary alicyclic amines) is 1. The smallest absolute Gasteiger partial charge is 0.225 e. The van der Waals surface area contributed by atoms with E-state index in [1.807, 2.05) is 30.3 Å². The van der Waals surface area contributed by atoms with E-state index in [2.05, 4.69) is 10.2 Å². The minimum atomic E-state index is 0.00327. The summed E-state index contributed by atoms with van der Waals surface area (Å²) in [7, 11) is 0. The van der Waals surface area contributed by atoms with Gasteiger partial charge in [0.15, 0.2) is 6.29 Å². The average Bonchev–Trinajstić information content (AvgIpc) is 3.09. The van der Waals surface area contributed by atoms with Crippen molar-refractivity contribution in [1.82, 2.24) is 4.90 Å². The van der Waals surface area contributed by atoms with Crippen LogP contribution in [0.5, 0.6) is 0 Å². The number of para-hydroxylation sites is 1. The molecule has 120 valence electrons. The van der Waals surface area contributed by atoms with Gasteiger partial charge in [-0.3, -0.25) is 4.79 Å². The molecule has 1 aromatic carbocycles. The summed E-state index contributed by atoms with van der Waals surface area (Å²) in [6, 6.07) is 9.61. The number of piperidine rings is 1. The lowest BCUT2D eigenvalue weighted by atomic mass is 9.96. The van der Waals surface area contributed by atoms with Crippen LogP contribution >= 0.6 is 0 Å². The predicted molar refractivity (Wildman–Crippen MR) is 84.5 cm³/mol. The number of nitrogens with one attached hydrogen (secondary N) is 1. The minimum absolute atomic E-state index is 0.00327. The average molecular weight is 304 g/mol. The molecule has 2 aliphatic rings. The molecule has 5 heteroatoms. The maximum Gasteiger partial charge on any atom is 0.225 e. The van der Waals surface area contributed by atoms with Crippen molar-refractivity contribution in [2.75, 3.05) is 38.2 Å². The van der Waals surface area contributed by atoms with Gasteiger partial charge in [0.2, 0.25) is 5.91 Å². The lowest BCUT2D eigenvalue weighted by molar-refractivity contribution is -0.117. The second-order valence-corrected chi connectivity index (χ2v) is 5.95. The first-order valence-corrected chi connectivity index (χ1v) is 8.12. The summed E-state index contributed by atoms with van der Waals surface area (Å²) in [5, 5.41) is 2.93. The van der Waals surface area contributed by atoms with Crippen molar-refractivity contribution in [3.05, 3.63) is 30.3 Å². The Morgan fingerprint density at radius 2 is 1.82 bits per heavy atom. The number of benzene rings is 1. The van der Waals surface area contributed by atoms with Gasteiger partial charge in [-0.2, -0.15) is 0 Å². The van der Waals surface area contributed by atoms with Crippen molar-refractivity contribution >= 4 is 11.6 Å². The zero-order chi connectivity index (χ0) is 15.2. The van der Waals surface area contributed by atoms with E-state index < -0.39 is 0 Å². The molecule has 2 fully saturated rings. The van der Waals surface area contributed by atoms with E-state index in [0.717, 1.165) is 51.4 Å². The van der Waals surface area contributed by atoms with Gasteiger partial charge in [0.25, 0.3) is 0 Å². The summed E-state index contributed by atoms with van der Waals surface area (Å²) in [6.45, 7) is 4.31. The highest BCUT2D eigenvalue weighted by Gasteiger charge is 2.30. The topological polar surface area (TPSA) is 50.8 Å². The Morgan fingerprint density at radius 3 is 2.50 bits per heavy atom. The van der Waals surface area contributed by atoms with Gasteiger partial charge in [-0.25, -0.2) is 0 Å². The first-order valence-electron chi connectivity index (χ1n) is 8.12. The Morgan fingerprint density at radius 1 is 1.14 bits per heavy atom. The van der Waals surface area contributed by atoms with Crippen molar-refractivity contribution in [2.24, 2.45) is 5.92 Å². The molecule has 2 heterocycles. The minimum Gasteiger partial charge on any atom is -0.350 e. The summed E-state index contributed by atoms with van der Waals surface area (Å²) in [4.78, 5) is 14.3. The Balaban J connectivity index is 1.35. The van der Waals surface area contributed by atoms with Crippen LogP contribution < -0.4 is 5.32 Å². The number of carbonyl (C=O) groups excluding carboxylic acids is 1. The molecule has 0 unspecified atom stereocenters. The molecule has 0 bridgehead atoms. The van der Waals surface area contributed by atoms with Crippen LogP contribution in [0.1, 0.15) is 19.3 Å². The van der Waals surface area contributed by atoms with Gasteiger partial charge in [0.05, 0.1) is 13.2 Å². The van der Waals surface area contributed by atoms with Gasteiger partial charge in [-0.15, -0.1) is 0 Å². The molecule has 1 amide bonds. The summed E-state index contributed by atoms with van der Waals surface area (Å²) in [6.07, 6.45) is 2.72. The second kappa shape index (κ2) is 7.72. The number of hydrogen-bond acceptors (Lipinski definition) is 4. The van der Waals surface area contributed by atoms with E-state index in [-0.39, 0.29) is 12.2 Å². The van der Waals surface area contributed by atoms with E-state index in [4.69, 9.17) is 9.47 Å². The Kier molecular flexibility index (Phi) is 5.43. The molecule has 0 aliphatic carbocycles. The van der Waals surface area contributed by atoms with Crippen LogP contribution in [0.2, 0.25) is 0 Å². The predicted octanol–water partition coefficient (Wildman–Crippen LogP) is 2.10. The van der Waals surface area contributed by atoms with Gasteiger partial charge >= 0.3 is 0 Å². The highest BCUT2D eigenvalue weighted by atomic mass is 16.7. The van der Waals surface area contributed by atoms with Crippen LogP contribution in [-0.2, 0) is 14.3 Å². The number of nitrogens with zero attached hydrogens (tertiary/aromatic N) is 1. The first-order chi connectivity index (χ1) is 10.8. The van der Waals surface area contributed by atoms with Crippen molar-refractivity contribution in [3.8, 4) is 0 Å². The van der Waals surface area contributed by atoms with E-state index in [0.29, 0.717) is 12.3 Å². The SMILES string of the molecule is O=C(CCN1CCC(C2OCCO2)CC1)Nc1ccccc1. The molecule has 0 saturated carbocycles. The highest BCUT2D eigenvalue weighted by Crippen LogP contribution is 2.25. The number of anilines is 1. The third-order valence-corrected chi connectivity index (χ3v) is 4.38. The molecular weight excluding hydrogens is 280 g/mol. The van der Waals surface area contributed by atoms with Gasteiger partial charge in [0.1, 0.15) is 0 Å². The van der Waals surface area contributed by atoms with Gasteiger partial charge in [-0.05, 0) is 38.1 Å². The highest BCUT2D eigenvalue weighted by molar-refractivity contribution is 5.90. The molecule has 3 rings (SSSR count). The van der Waals surface area contributed by atoms with Gasteiger partial charge < -0.3 is 19.7 Å². The zero-order valence-electron chi connectivity index (χ0n) is 12.9. The van der Waals surface area contributed by atoms with Gasteiger partial charge in [-0.1, -0.05) is 18.2 Å². The van der Waals surface area contributed by atoms with Crippen LogP contribution in [0.15, 0.2) is 30.3 Å². The van der Waals surface area contributed by atoms with Crippen molar-refractivity contribution < 1.29 is 14.3 Å². The molecular formula is C17H24N2O3. The Labute approximate surface area is 131 Å². The summed E-state index contributed by atoms with van der Waals surface area (Å²) in [5.74, 6) is 0.590. The van der Waals surface area contributed by atoms with Gasteiger partial charge in [0, 0.05) is 24.6 Å². The lowest BCUT2D eigenvalue weighted by Gasteiger charge is -2.33. The number of ether oxygens (including phenoxy) is 2. The molecule has 22 heavy (non-hydrogen) atoms. The molecule has 5 nitrogen and oxygen atoms in total. The van der Waals surface area contributed by atoms with Crippen molar-refractivity contribution in [2.45, 2.75) is 25.6 Å². The zero-order valence-corrected chi connectivity index (χ0v) is 12.9. The van der Waals surface area contributed by atoms with Crippen LogP contribution in [0, 0.1) is 5.92 Å². The normalized spacial score (nSPS) is 21.1. The number of amides is 1. The molecule has 2 saturated heterocycles. The standard InChI is InChI=1S/C17H24N2O3/c20-16(18-15-4-2-1-3-5-15)8-11-19-9-6-14(7-10-19)17-21-12-13-22-17/h1-5,14,17H,6-13H2,(H,18,20). The molecule has 0 radical (unpaired) electrons. The van der Waals surface area contributed by atoms with E-state index in [1.54, 1.807) is 0 Å². The monoisotopic (exact) mass is 304 g/mol. The third kappa shape index (κ3) is 4.29. The summed E-state index contributed by atoms with van der Waals surface area (Å²) < 4.78 is 11.2.